The van der Waals surface area contributed by atoms with E-state index in [0.717, 1.165) is 50.8 Å². The third kappa shape index (κ3) is 8.54. The fourth-order valence-corrected chi connectivity index (χ4v) is 10.4. The van der Waals surface area contributed by atoms with Gasteiger partial charge in [-0.3, -0.25) is 4.57 Å². The molecule has 0 saturated carbocycles. The van der Waals surface area contributed by atoms with Crippen LogP contribution >= 0.6 is 0 Å². The van der Waals surface area contributed by atoms with Gasteiger partial charge in [-0.15, -0.1) is 0 Å². The summed E-state index contributed by atoms with van der Waals surface area (Å²) in [5.41, 5.74) is 17.6. The summed E-state index contributed by atoms with van der Waals surface area (Å²) < 4.78 is 9.13. The van der Waals surface area contributed by atoms with Crippen molar-refractivity contribution in [3.8, 4) is 50.7 Å². The second kappa shape index (κ2) is 17.5. The molecule has 0 unspecified atom stereocenters. The predicted molar refractivity (Wildman–Crippen MR) is 300 cm³/mol. The minimum absolute atomic E-state index is 0.0170. The lowest BCUT2D eigenvalue weighted by molar-refractivity contribution is 0.483. The van der Waals surface area contributed by atoms with Crippen LogP contribution in [-0.4, -0.2) is 16.2 Å². The number of fused-ring (bicyclic) bond motifs is 4. The first kappa shape index (κ1) is 45.5. The summed E-state index contributed by atoms with van der Waals surface area (Å²) in [6.45, 7) is 21.3. The first-order valence-corrected chi connectivity index (χ1v) is 25.0. The molecule has 0 amide bonds. The van der Waals surface area contributed by atoms with Gasteiger partial charge < -0.3 is 14.5 Å². The molecular formula is C66H62N4O. The Morgan fingerprint density at radius 3 is 1.79 bits per heavy atom. The summed E-state index contributed by atoms with van der Waals surface area (Å²) in [7, 11) is 0. The number of para-hydroxylation sites is 3. The van der Waals surface area contributed by atoms with Crippen LogP contribution in [0.15, 0.2) is 200 Å². The second-order valence-corrected chi connectivity index (χ2v) is 22.2. The number of ether oxygens (including phenoxy) is 1. The average molecular weight is 927 g/mol. The molecule has 1 aliphatic heterocycles. The molecule has 0 radical (unpaired) electrons. The van der Waals surface area contributed by atoms with Crippen molar-refractivity contribution >= 4 is 44.6 Å². The number of hydrogen-bond donors (Lipinski definition) is 0. The molecule has 10 aromatic rings. The third-order valence-electron chi connectivity index (χ3n) is 14.2. The Balaban J connectivity index is 1.02. The van der Waals surface area contributed by atoms with Crippen LogP contribution in [-0.2, 0) is 16.2 Å². The molecule has 0 saturated heterocycles. The number of aromatic nitrogens is 2. The molecule has 0 bridgehead atoms. The van der Waals surface area contributed by atoms with Gasteiger partial charge in [0.1, 0.15) is 24.0 Å². The number of rotatable bonds is 8. The van der Waals surface area contributed by atoms with Gasteiger partial charge in [0.2, 0.25) is 0 Å². The fraction of sp³-hybridized carbons (Fsp3) is 0.197. The van der Waals surface area contributed by atoms with E-state index in [2.05, 4.69) is 271 Å². The zero-order valence-electron chi connectivity index (χ0n) is 42.5. The lowest BCUT2D eigenvalue weighted by Crippen LogP contribution is -2.25. The first-order valence-electron chi connectivity index (χ1n) is 25.0. The highest BCUT2D eigenvalue weighted by molar-refractivity contribution is 6.09. The average Bonchev–Trinajstić information content (AvgIpc) is 3.91. The maximum absolute atomic E-state index is 6.86. The van der Waals surface area contributed by atoms with Crippen molar-refractivity contribution in [1.82, 2.24) is 9.55 Å². The highest BCUT2D eigenvalue weighted by Crippen LogP contribution is 2.53. The van der Waals surface area contributed by atoms with Crippen molar-refractivity contribution < 1.29 is 4.74 Å². The summed E-state index contributed by atoms with van der Waals surface area (Å²) in [6, 6.07) is 70.5. The Morgan fingerprint density at radius 2 is 1.04 bits per heavy atom. The van der Waals surface area contributed by atoms with Gasteiger partial charge in [0, 0.05) is 45.9 Å². The second-order valence-electron chi connectivity index (χ2n) is 22.2. The van der Waals surface area contributed by atoms with Crippen molar-refractivity contribution in [3.05, 3.63) is 217 Å². The number of nitrogens with zero attached hydrogens (tertiary/aromatic N) is 4. The van der Waals surface area contributed by atoms with Gasteiger partial charge >= 0.3 is 0 Å². The Hall–Kier alpha value is -7.89. The SMILES string of the molecule is CC(C)(C)c1ccnc(-n2c3ccccc3c3ccc(Oc4cccc(N5CN(c6c(-c7ccc(-c8ccccc8)cc7)cc(C(C)(C)C)cc6-c6ccccc6C(C)(C)C)c6ccccc65)c4)cc32)c1. The molecule has 0 atom stereocenters. The highest BCUT2D eigenvalue weighted by Gasteiger charge is 2.34. The third-order valence-corrected chi connectivity index (χ3v) is 14.2. The van der Waals surface area contributed by atoms with Crippen LogP contribution in [0.3, 0.4) is 0 Å². The quantitative estimate of drug-likeness (QED) is 0.152. The molecule has 5 heteroatoms. The van der Waals surface area contributed by atoms with Gasteiger partial charge in [-0.25, -0.2) is 4.98 Å². The first-order chi connectivity index (χ1) is 34.1. The van der Waals surface area contributed by atoms with E-state index in [1.54, 1.807) is 0 Å². The summed E-state index contributed by atoms with van der Waals surface area (Å²) >= 11 is 0. The van der Waals surface area contributed by atoms with Crippen LogP contribution in [0.25, 0.3) is 61.0 Å². The van der Waals surface area contributed by atoms with Crippen molar-refractivity contribution in [2.75, 3.05) is 16.5 Å². The number of pyridine rings is 1. The van der Waals surface area contributed by atoms with E-state index in [9.17, 15) is 0 Å². The van der Waals surface area contributed by atoms with Gasteiger partial charge in [-0.2, -0.15) is 0 Å². The van der Waals surface area contributed by atoms with E-state index in [4.69, 9.17) is 9.72 Å². The van der Waals surface area contributed by atoms with Crippen LogP contribution < -0.4 is 14.5 Å². The minimum Gasteiger partial charge on any atom is -0.457 e. The monoisotopic (exact) mass is 926 g/mol. The maximum Gasteiger partial charge on any atom is 0.137 e. The molecule has 11 rings (SSSR count). The summed E-state index contributed by atoms with van der Waals surface area (Å²) in [6.07, 6.45) is 1.93. The molecule has 71 heavy (non-hydrogen) atoms. The van der Waals surface area contributed by atoms with Crippen molar-refractivity contribution in [1.29, 1.82) is 0 Å². The van der Waals surface area contributed by atoms with Crippen molar-refractivity contribution in [3.63, 3.8) is 0 Å². The predicted octanol–water partition coefficient (Wildman–Crippen LogP) is 18.1. The molecule has 8 aromatic carbocycles. The van der Waals surface area contributed by atoms with Crippen LogP contribution in [0.5, 0.6) is 11.5 Å². The normalized spacial score (nSPS) is 13.0. The Labute approximate surface area is 419 Å². The van der Waals surface area contributed by atoms with Crippen LogP contribution in [0.1, 0.15) is 79.0 Å². The molecule has 0 aliphatic carbocycles. The van der Waals surface area contributed by atoms with E-state index in [1.807, 2.05) is 6.20 Å². The lowest BCUT2D eigenvalue weighted by Gasteiger charge is -2.32. The molecule has 2 aromatic heterocycles. The molecule has 352 valence electrons. The summed E-state index contributed by atoms with van der Waals surface area (Å²) in [4.78, 5) is 9.88. The van der Waals surface area contributed by atoms with E-state index in [0.29, 0.717) is 6.67 Å². The Morgan fingerprint density at radius 1 is 0.423 bits per heavy atom. The van der Waals surface area contributed by atoms with Gasteiger partial charge in [-0.05, 0) is 122 Å². The molecule has 0 spiro atoms. The molecule has 5 nitrogen and oxygen atoms in total. The molecular weight excluding hydrogens is 865 g/mol. The number of anilines is 4. The minimum atomic E-state index is -0.104. The largest absolute Gasteiger partial charge is 0.457 e. The van der Waals surface area contributed by atoms with Crippen molar-refractivity contribution in [2.45, 2.75) is 78.6 Å². The Bertz CT molecular complexity index is 3600. The van der Waals surface area contributed by atoms with E-state index < -0.39 is 0 Å². The van der Waals surface area contributed by atoms with Gasteiger partial charge in [-0.1, -0.05) is 178 Å². The van der Waals surface area contributed by atoms with E-state index in [1.165, 1.54) is 61.1 Å². The summed E-state index contributed by atoms with van der Waals surface area (Å²) in [5, 5.41) is 2.34. The highest BCUT2D eigenvalue weighted by atomic mass is 16.5. The fourth-order valence-electron chi connectivity index (χ4n) is 10.4. The maximum atomic E-state index is 6.86. The molecule has 1 aliphatic rings. The van der Waals surface area contributed by atoms with Crippen LogP contribution in [0.4, 0.5) is 22.7 Å². The molecule has 3 heterocycles. The molecule has 0 N–H and O–H groups in total. The number of benzene rings is 8. The van der Waals surface area contributed by atoms with Gasteiger partial charge in [0.15, 0.2) is 0 Å². The lowest BCUT2D eigenvalue weighted by atomic mass is 9.78. The Kier molecular flexibility index (Phi) is 11.2. The van der Waals surface area contributed by atoms with Crippen molar-refractivity contribution in [2.24, 2.45) is 0 Å². The number of hydrogen-bond acceptors (Lipinski definition) is 4. The molecule has 0 fully saturated rings. The standard InChI is InChI=1S/C66H62N4O/c1-64(2,3)47-36-37-67-62(40-47)70-58-27-16-14-25-53(58)54-35-34-51(42-61(54)70)71-50-23-19-22-49(41-50)68-43-69(60-29-18-17-28-59(60)68)63-55(46-32-30-45(31-33-46)44-20-11-10-12-21-44)38-48(65(4,5)6)39-56(63)52-24-13-15-26-57(52)66(7,8)9/h10-42H,43H2,1-9H3. The van der Waals surface area contributed by atoms with Gasteiger partial charge in [0.25, 0.3) is 0 Å². The smallest absolute Gasteiger partial charge is 0.137 e. The van der Waals surface area contributed by atoms with E-state index in [-0.39, 0.29) is 16.2 Å². The van der Waals surface area contributed by atoms with E-state index >= 15 is 0 Å². The van der Waals surface area contributed by atoms with Crippen LogP contribution in [0, 0.1) is 0 Å². The summed E-state index contributed by atoms with van der Waals surface area (Å²) in [5.74, 6) is 2.42. The van der Waals surface area contributed by atoms with Gasteiger partial charge in [0.05, 0.1) is 28.1 Å². The topological polar surface area (TPSA) is 33.5 Å². The van der Waals surface area contributed by atoms with Crippen LogP contribution in [0.2, 0.25) is 0 Å². The zero-order chi connectivity index (χ0) is 49.2. The zero-order valence-corrected chi connectivity index (χ0v) is 42.5.